The Morgan fingerprint density at radius 1 is 1.07 bits per heavy atom. The lowest BCUT2D eigenvalue weighted by Crippen LogP contribution is -2.49. The number of rotatable bonds is 5. The molecule has 140 valence electrons. The van der Waals surface area contributed by atoms with Gasteiger partial charge < -0.3 is 14.6 Å². The molecular weight excluding hydrogens is 338 g/mol. The van der Waals surface area contributed by atoms with E-state index in [9.17, 15) is 4.79 Å². The van der Waals surface area contributed by atoms with E-state index in [2.05, 4.69) is 40.3 Å². The van der Waals surface area contributed by atoms with Crippen LogP contribution in [0.5, 0.6) is 5.75 Å². The Morgan fingerprint density at radius 3 is 2.70 bits per heavy atom. The molecule has 1 amide bonds. The second-order valence-corrected chi connectivity index (χ2v) is 6.98. The van der Waals surface area contributed by atoms with E-state index >= 15 is 0 Å². The highest BCUT2D eigenvalue weighted by molar-refractivity contribution is 5.94. The molecule has 0 atom stereocenters. The summed E-state index contributed by atoms with van der Waals surface area (Å²) in [6.45, 7) is 4.38. The highest BCUT2D eigenvalue weighted by Gasteiger charge is 2.22. The summed E-state index contributed by atoms with van der Waals surface area (Å²) in [7, 11) is 1.62. The zero-order valence-corrected chi connectivity index (χ0v) is 15.6. The Balaban J connectivity index is 1.31. The molecule has 1 N–H and O–H groups in total. The number of aromatic nitrogens is 1. The van der Waals surface area contributed by atoms with Crippen LogP contribution in [0.4, 0.5) is 0 Å². The number of nitrogens with zero attached hydrogens (tertiary/aromatic N) is 2. The Morgan fingerprint density at radius 2 is 1.89 bits per heavy atom. The number of piperazine rings is 1. The average molecular weight is 363 g/mol. The third-order valence-corrected chi connectivity index (χ3v) is 5.35. The second kappa shape index (κ2) is 7.84. The van der Waals surface area contributed by atoms with Crippen LogP contribution in [0.3, 0.4) is 0 Å². The second-order valence-electron chi connectivity index (χ2n) is 6.98. The van der Waals surface area contributed by atoms with Crippen LogP contribution in [-0.4, -0.2) is 60.5 Å². The number of carbonyl (C=O) groups is 1. The maximum atomic E-state index is 12.7. The maximum Gasteiger partial charge on any atom is 0.254 e. The number of para-hydroxylation sites is 1. The van der Waals surface area contributed by atoms with Gasteiger partial charge in [-0.1, -0.05) is 24.3 Å². The molecule has 27 heavy (non-hydrogen) atoms. The first kappa shape index (κ1) is 17.6. The first-order valence-corrected chi connectivity index (χ1v) is 9.45. The first-order chi connectivity index (χ1) is 13.2. The zero-order valence-electron chi connectivity index (χ0n) is 15.6. The predicted molar refractivity (Wildman–Crippen MR) is 107 cm³/mol. The smallest absolute Gasteiger partial charge is 0.254 e. The van der Waals surface area contributed by atoms with Gasteiger partial charge in [0.05, 0.1) is 7.11 Å². The molecule has 0 aliphatic carbocycles. The molecule has 0 saturated carbocycles. The van der Waals surface area contributed by atoms with Crippen LogP contribution in [0.15, 0.2) is 54.7 Å². The van der Waals surface area contributed by atoms with Crippen LogP contribution in [0, 0.1) is 0 Å². The number of fused-ring (bicyclic) bond motifs is 1. The minimum Gasteiger partial charge on any atom is -0.497 e. The average Bonchev–Trinajstić information content (AvgIpc) is 3.15. The number of methoxy groups -OCH3 is 1. The van der Waals surface area contributed by atoms with Crippen LogP contribution in [0.1, 0.15) is 15.9 Å². The molecule has 5 nitrogen and oxygen atoms in total. The van der Waals surface area contributed by atoms with Crippen molar-refractivity contribution in [3.8, 4) is 5.75 Å². The molecule has 3 aromatic rings. The van der Waals surface area contributed by atoms with E-state index < -0.39 is 0 Å². The molecule has 5 heteroatoms. The number of H-pyrrole nitrogens is 1. The van der Waals surface area contributed by atoms with E-state index in [-0.39, 0.29) is 5.91 Å². The summed E-state index contributed by atoms with van der Waals surface area (Å²) in [5, 5.41) is 1.31. The van der Waals surface area contributed by atoms with Crippen LogP contribution >= 0.6 is 0 Å². The zero-order chi connectivity index (χ0) is 18.6. The normalized spacial score (nSPS) is 15.2. The fourth-order valence-corrected chi connectivity index (χ4v) is 3.73. The monoisotopic (exact) mass is 363 g/mol. The topological polar surface area (TPSA) is 48.6 Å². The summed E-state index contributed by atoms with van der Waals surface area (Å²) in [6, 6.07) is 15.8. The summed E-state index contributed by atoms with van der Waals surface area (Å²) in [4.78, 5) is 20.4. The van der Waals surface area contributed by atoms with Crippen LogP contribution in [0.25, 0.3) is 10.9 Å². The van der Waals surface area contributed by atoms with Gasteiger partial charge in [-0.05, 0) is 36.2 Å². The van der Waals surface area contributed by atoms with E-state index in [1.807, 2.05) is 29.2 Å². The van der Waals surface area contributed by atoms with Crippen molar-refractivity contribution in [1.82, 2.24) is 14.8 Å². The SMILES string of the molecule is COc1cccc(C(=O)N2CCN(CCc3c[nH]c4ccccc34)CC2)c1. The summed E-state index contributed by atoms with van der Waals surface area (Å²) in [6.07, 6.45) is 3.14. The number of carbonyl (C=O) groups excluding carboxylic acids is 1. The van der Waals surface area contributed by atoms with Gasteiger partial charge in [0.15, 0.2) is 0 Å². The molecule has 0 radical (unpaired) electrons. The minimum absolute atomic E-state index is 0.0881. The fourth-order valence-electron chi connectivity index (χ4n) is 3.73. The molecule has 2 aromatic carbocycles. The van der Waals surface area contributed by atoms with Crippen molar-refractivity contribution < 1.29 is 9.53 Å². The van der Waals surface area contributed by atoms with Crippen molar-refractivity contribution in [3.05, 3.63) is 65.9 Å². The van der Waals surface area contributed by atoms with E-state index in [0.717, 1.165) is 44.9 Å². The number of nitrogens with one attached hydrogen (secondary N) is 1. The lowest BCUT2D eigenvalue weighted by atomic mass is 10.1. The molecule has 1 aliphatic heterocycles. The summed E-state index contributed by atoms with van der Waals surface area (Å²) in [5.74, 6) is 0.809. The Labute approximate surface area is 159 Å². The number of aromatic amines is 1. The Hall–Kier alpha value is -2.79. The van der Waals surface area contributed by atoms with Gasteiger partial charge in [-0.2, -0.15) is 0 Å². The van der Waals surface area contributed by atoms with Gasteiger partial charge in [0.1, 0.15) is 5.75 Å². The highest BCUT2D eigenvalue weighted by atomic mass is 16.5. The van der Waals surface area contributed by atoms with Crippen LogP contribution in [0.2, 0.25) is 0 Å². The quantitative estimate of drug-likeness (QED) is 0.757. The summed E-state index contributed by atoms with van der Waals surface area (Å²) < 4.78 is 5.23. The first-order valence-electron chi connectivity index (χ1n) is 9.45. The Kier molecular flexibility index (Phi) is 5.12. The van der Waals surface area contributed by atoms with Gasteiger partial charge in [0.2, 0.25) is 0 Å². The van der Waals surface area contributed by atoms with E-state index in [4.69, 9.17) is 4.74 Å². The van der Waals surface area contributed by atoms with Gasteiger partial charge in [0.25, 0.3) is 5.91 Å². The number of hydrogen-bond donors (Lipinski definition) is 1. The maximum absolute atomic E-state index is 12.7. The highest BCUT2D eigenvalue weighted by Crippen LogP contribution is 2.19. The van der Waals surface area contributed by atoms with Crippen molar-refractivity contribution in [2.24, 2.45) is 0 Å². The van der Waals surface area contributed by atoms with Gasteiger partial charge in [0, 0.05) is 55.4 Å². The van der Waals surface area contributed by atoms with Crippen molar-refractivity contribution in [3.63, 3.8) is 0 Å². The van der Waals surface area contributed by atoms with Gasteiger partial charge >= 0.3 is 0 Å². The predicted octanol–water partition coefficient (Wildman–Crippen LogP) is 3.18. The van der Waals surface area contributed by atoms with Gasteiger partial charge in [-0.25, -0.2) is 0 Å². The molecule has 0 bridgehead atoms. The molecule has 1 aromatic heterocycles. The van der Waals surface area contributed by atoms with E-state index in [1.54, 1.807) is 7.11 Å². The molecule has 1 fully saturated rings. The van der Waals surface area contributed by atoms with Crippen molar-refractivity contribution in [1.29, 1.82) is 0 Å². The van der Waals surface area contributed by atoms with Crippen molar-refractivity contribution >= 4 is 16.8 Å². The lowest BCUT2D eigenvalue weighted by Gasteiger charge is -2.34. The largest absolute Gasteiger partial charge is 0.497 e. The minimum atomic E-state index is 0.0881. The number of hydrogen-bond acceptors (Lipinski definition) is 3. The number of benzene rings is 2. The van der Waals surface area contributed by atoms with E-state index in [0.29, 0.717) is 5.56 Å². The van der Waals surface area contributed by atoms with Gasteiger partial charge in [-0.3, -0.25) is 9.69 Å². The fraction of sp³-hybridized carbons (Fsp3) is 0.318. The lowest BCUT2D eigenvalue weighted by molar-refractivity contribution is 0.0638. The molecule has 4 rings (SSSR count). The third kappa shape index (κ3) is 3.83. The van der Waals surface area contributed by atoms with Crippen LogP contribution in [-0.2, 0) is 6.42 Å². The molecule has 0 spiro atoms. The van der Waals surface area contributed by atoms with Gasteiger partial charge in [-0.15, -0.1) is 0 Å². The molecule has 1 saturated heterocycles. The Bertz CT molecular complexity index is 926. The molecule has 2 heterocycles. The standard InChI is InChI=1S/C22H25N3O2/c1-27-19-6-4-5-17(15-19)22(26)25-13-11-24(12-14-25)10-9-18-16-23-21-8-3-2-7-20(18)21/h2-8,15-16,23H,9-14H2,1H3. The summed E-state index contributed by atoms with van der Waals surface area (Å²) >= 11 is 0. The van der Waals surface area contributed by atoms with Crippen LogP contribution < -0.4 is 4.74 Å². The van der Waals surface area contributed by atoms with Crippen molar-refractivity contribution in [2.45, 2.75) is 6.42 Å². The van der Waals surface area contributed by atoms with Crippen molar-refractivity contribution in [2.75, 3.05) is 39.8 Å². The molecular formula is C22H25N3O2. The van der Waals surface area contributed by atoms with E-state index in [1.165, 1.54) is 16.5 Å². The third-order valence-electron chi connectivity index (χ3n) is 5.35. The molecule has 1 aliphatic rings. The number of ether oxygens (including phenoxy) is 1. The summed E-state index contributed by atoms with van der Waals surface area (Å²) in [5.41, 5.74) is 3.25. The number of amides is 1. The molecule has 0 unspecified atom stereocenters.